The van der Waals surface area contributed by atoms with Crippen molar-refractivity contribution in [2.45, 2.75) is 44.3 Å². The highest BCUT2D eigenvalue weighted by molar-refractivity contribution is 7.97. The third kappa shape index (κ3) is 4.05. The molecule has 2 aromatic heterocycles. The topological polar surface area (TPSA) is 141 Å². The summed E-state index contributed by atoms with van der Waals surface area (Å²) in [4.78, 5) is 43.7. The summed E-state index contributed by atoms with van der Waals surface area (Å²) in [7, 11) is 0. The Morgan fingerprint density at radius 2 is 2.10 bits per heavy atom. The van der Waals surface area contributed by atoms with Crippen molar-refractivity contribution in [3.05, 3.63) is 16.7 Å². The Bertz CT molecular complexity index is 994. The van der Waals surface area contributed by atoms with Gasteiger partial charge in [-0.25, -0.2) is 18.7 Å². The van der Waals surface area contributed by atoms with Crippen LogP contribution in [0.2, 0.25) is 0 Å². The molecule has 13 heteroatoms. The Kier molecular flexibility index (Phi) is 6.07. The van der Waals surface area contributed by atoms with Gasteiger partial charge in [0, 0.05) is 13.8 Å². The molecule has 11 nitrogen and oxygen atoms in total. The number of nitrogens with zero attached hydrogens (tertiary/aromatic N) is 4. The fourth-order valence-corrected chi connectivity index (χ4v) is 3.62. The van der Waals surface area contributed by atoms with E-state index in [1.807, 2.05) is 0 Å². The fraction of sp³-hybridized carbons (Fsp3) is 0.562. The Morgan fingerprint density at radius 1 is 1.38 bits per heavy atom. The minimum absolute atomic E-state index is 0.0946. The van der Waals surface area contributed by atoms with Crippen molar-refractivity contribution in [2.75, 3.05) is 18.6 Å². The first-order valence-corrected chi connectivity index (χ1v) is 9.96. The van der Waals surface area contributed by atoms with Crippen molar-refractivity contribution in [3.63, 3.8) is 0 Å². The zero-order valence-electron chi connectivity index (χ0n) is 15.9. The van der Waals surface area contributed by atoms with Crippen LogP contribution in [0, 0.1) is 0 Å². The number of halogens is 1. The minimum atomic E-state index is -1.84. The second kappa shape index (κ2) is 8.37. The summed E-state index contributed by atoms with van der Waals surface area (Å²) in [6.07, 6.45) is -2.68. The van der Waals surface area contributed by atoms with Gasteiger partial charge in [-0.3, -0.25) is 14.2 Å². The van der Waals surface area contributed by atoms with E-state index in [1.165, 1.54) is 29.4 Å². The SMILES string of the molecule is CSCn1c(=O)n([C@@H]2O[C@H](COC(C)=O)[C@@H](F)[C@H]2OC(C)=O)c2nc(N)ncc21. The number of thioether (sulfide) groups is 1. The number of nitrogen functional groups attached to an aromatic ring is 1. The third-order valence-corrected chi connectivity index (χ3v) is 4.77. The molecule has 4 atom stereocenters. The highest BCUT2D eigenvalue weighted by Gasteiger charge is 2.50. The summed E-state index contributed by atoms with van der Waals surface area (Å²) in [5.74, 6) is -1.20. The van der Waals surface area contributed by atoms with E-state index >= 15 is 0 Å². The number of anilines is 1. The molecule has 3 heterocycles. The van der Waals surface area contributed by atoms with Crippen molar-refractivity contribution >= 4 is 40.8 Å². The van der Waals surface area contributed by atoms with E-state index in [0.29, 0.717) is 5.52 Å². The summed E-state index contributed by atoms with van der Waals surface area (Å²) in [5.41, 5.74) is 5.58. The predicted molar refractivity (Wildman–Crippen MR) is 101 cm³/mol. The number of ether oxygens (including phenoxy) is 3. The second-order valence-electron chi connectivity index (χ2n) is 6.32. The number of fused-ring (bicyclic) bond motifs is 1. The molecule has 0 amide bonds. The highest BCUT2D eigenvalue weighted by atomic mass is 32.2. The van der Waals surface area contributed by atoms with Crippen LogP contribution in [0.5, 0.6) is 0 Å². The molecule has 2 aromatic rings. The number of nitrogens with two attached hydrogens (primary N) is 1. The van der Waals surface area contributed by atoms with Crippen molar-refractivity contribution in [2.24, 2.45) is 0 Å². The number of alkyl halides is 1. The van der Waals surface area contributed by atoms with Gasteiger partial charge in [-0.05, 0) is 6.26 Å². The number of hydrogen-bond donors (Lipinski definition) is 1. The molecule has 158 valence electrons. The molecule has 0 radical (unpaired) electrons. The lowest BCUT2D eigenvalue weighted by atomic mass is 10.1. The molecular weight excluding hydrogens is 409 g/mol. The number of aromatic nitrogens is 4. The normalized spacial score (nSPS) is 24.0. The highest BCUT2D eigenvalue weighted by Crippen LogP contribution is 2.35. The van der Waals surface area contributed by atoms with Gasteiger partial charge < -0.3 is 19.9 Å². The van der Waals surface area contributed by atoms with Gasteiger partial charge in [0.25, 0.3) is 0 Å². The largest absolute Gasteiger partial charge is 0.463 e. The second-order valence-corrected chi connectivity index (χ2v) is 7.16. The quantitative estimate of drug-likeness (QED) is 0.634. The van der Waals surface area contributed by atoms with Crippen LogP contribution in [-0.4, -0.2) is 62.3 Å². The number of imidazole rings is 1. The van der Waals surface area contributed by atoms with E-state index in [1.54, 1.807) is 6.26 Å². The molecule has 2 N–H and O–H groups in total. The summed E-state index contributed by atoms with van der Waals surface area (Å²) in [6.45, 7) is 1.88. The molecule has 1 saturated heterocycles. The first-order chi connectivity index (χ1) is 13.7. The van der Waals surface area contributed by atoms with E-state index in [0.717, 1.165) is 11.5 Å². The van der Waals surface area contributed by atoms with Gasteiger partial charge in [0.1, 0.15) is 18.2 Å². The first-order valence-electron chi connectivity index (χ1n) is 8.57. The lowest BCUT2D eigenvalue weighted by Crippen LogP contribution is -2.37. The smallest absolute Gasteiger partial charge is 0.333 e. The van der Waals surface area contributed by atoms with E-state index in [4.69, 9.17) is 19.9 Å². The van der Waals surface area contributed by atoms with E-state index in [9.17, 15) is 18.8 Å². The molecule has 0 aliphatic carbocycles. The molecule has 1 aliphatic rings. The zero-order chi connectivity index (χ0) is 21.3. The molecular formula is C16H20FN5O6S. The third-order valence-electron chi connectivity index (χ3n) is 4.25. The Hall–Kier alpha value is -2.67. The maximum absolute atomic E-state index is 15.0. The molecule has 29 heavy (non-hydrogen) atoms. The van der Waals surface area contributed by atoms with Crippen molar-refractivity contribution in [1.29, 1.82) is 0 Å². The summed E-state index contributed by atoms with van der Waals surface area (Å²) < 4.78 is 33.0. The van der Waals surface area contributed by atoms with Gasteiger partial charge in [-0.1, -0.05) is 0 Å². The van der Waals surface area contributed by atoms with Crippen LogP contribution in [0.25, 0.3) is 11.2 Å². The Balaban J connectivity index is 2.11. The van der Waals surface area contributed by atoms with Crippen LogP contribution in [0.15, 0.2) is 11.0 Å². The zero-order valence-corrected chi connectivity index (χ0v) is 16.7. The van der Waals surface area contributed by atoms with Gasteiger partial charge in [0.15, 0.2) is 24.2 Å². The minimum Gasteiger partial charge on any atom is -0.463 e. The van der Waals surface area contributed by atoms with Gasteiger partial charge in [0.2, 0.25) is 5.95 Å². The Morgan fingerprint density at radius 3 is 2.72 bits per heavy atom. The number of rotatable bonds is 6. The monoisotopic (exact) mass is 429 g/mol. The van der Waals surface area contributed by atoms with Gasteiger partial charge >= 0.3 is 17.6 Å². The summed E-state index contributed by atoms with van der Waals surface area (Å²) in [5, 5.41) is 0. The van der Waals surface area contributed by atoms with Gasteiger partial charge in [0.05, 0.1) is 12.1 Å². The number of carbonyl (C=O) groups excluding carboxylic acids is 2. The molecule has 1 fully saturated rings. The average Bonchev–Trinajstić information content (AvgIpc) is 3.08. The number of hydrogen-bond acceptors (Lipinski definition) is 10. The molecule has 0 spiro atoms. The van der Waals surface area contributed by atoms with Gasteiger partial charge in [-0.15, -0.1) is 11.8 Å². The van der Waals surface area contributed by atoms with E-state index < -0.39 is 48.8 Å². The van der Waals surface area contributed by atoms with Crippen LogP contribution in [0.1, 0.15) is 20.1 Å². The van der Waals surface area contributed by atoms with Crippen LogP contribution >= 0.6 is 11.8 Å². The van der Waals surface area contributed by atoms with E-state index in [-0.39, 0.29) is 17.5 Å². The molecule has 0 aromatic carbocycles. The summed E-state index contributed by atoms with van der Waals surface area (Å²) >= 11 is 1.37. The van der Waals surface area contributed by atoms with Crippen LogP contribution < -0.4 is 11.4 Å². The standard InChI is InChI=1S/C16H20FN5O6S/c1-7(23)26-5-10-11(17)12(27-8(2)24)14(28-10)22-13-9(4-19-15(18)20-13)21(6-29-3)16(22)25/h4,10-12,14H,5-6H2,1-3H3,(H2,18,19,20)/t10-,11-,12-,14-/m1/s1. The summed E-state index contributed by atoms with van der Waals surface area (Å²) in [6, 6.07) is 0. The fourth-order valence-electron chi connectivity index (χ4n) is 3.11. The maximum Gasteiger partial charge on any atom is 0.333 e. The van der Waals surface area contributed by atoms with E-state index in [2.05, 4.69) is 9.97 Å². The molecule has 1 aliphatic heterocycles. The van der Waals surface area contributed by atoms with Gasteiger partial charge in [-0.2, -0.15) is 4.98 Å². The van der Waals surface area contributed by atoms with Crippen molar-refractivity contribution < 1.29 is 28.2 Å². The van der Waals surface area contributed by atoms with Crippen LogP contribution in [0.3, 0.4) is 0 Å². The van der Waals surface area contributed by atoms with Crippen LogP contribution in [-0.2, 0) is 29.7 Å². The molecule has 3 rings (SSSR count). The average molecular weight is 429 g/mol. The molecule has 0 bridgehead atoms. The van der Waals surface area contributed by atoms with Crippen molar-refractivity contribution in [3.8, 4) is 0 Å². The maximum atomic E-state index is 15.0. The Labute approximate surface area is 168 Å². The lowest BCUT2D eigenvalue weighted by molar-refractivity contribution is -0.154. The molecule has 0 unspecified atom stereocenters. The number of esters is 2. The predicted octanol–water partition coefficient (Wildman–Crippen LogP) is 0.226. The van der Waals surface area contributed by atoms with Crippen molar-refractivity contribution in [1.82, 2.24) is 19.1 Å². The lowest BCUT2D eigenvalue weighted by Gasteiger charge is -2.19. The molecule has 0 saturated carbocycles. The first kappa shape index (κ1) is 21.0. The van der Waals surface area contributed by atoms with Crippen LogP contribution in [0.4, 0.5) is 10.3 Å². The number of carbonyl (C=O) groups is 2.